The molecule has 8 nitrogen and oxygen atoms in total. The van der Waals surface area contributed by atoms with Gasteiger partial charge < -0.3 is 14.6 Å². The monoisotopic (exact) mass is 601 g/mol. The van der Waals surface area contributed by atoms with E-state index in [1.165, 1.54) is 28.0 Å². The Morgan fingerprint density at radius 1 is 0.881 bits per heavy atom. The number of hydrogen-bond donors (Lipinski definition) is 1. The number of ketones is 1. The van der Waals surface area contributed by atoms with Crippen LogP contribution in [-0.4, -0.2) is 40.2 Å². The van der Waals surface area contributed by atoms with Gasteiger partial charge in [-0.2, -0.15) is 0 Å². The maximum Gasteiger partial charge on any atom is 0.301 e. The molecule has 1 fully saturated rings. The number of benzene rings is 3. The third-order valence-electron chi connectivity index (χ3n) is 6.52. The van der Waals surface area contributed by atoms with Gasteiger partial charge in [-0.15, -0.1) is 10.2 Å². The number of carbonyl (C=O) groups excluding carboxylic acids is 2. The predicted octanol–water partition coefficient (Wildman–Crippen LogP) is 7.03. The second kappa shape index (κ2) is 13.7. The molecule has 3 aromatic carbocycles. The van der Waals surface area contributed by atoms with Crippen molar-refractivity contribution in [2.24, 2.45) is 0 Å². The molecule has 1 aliphatic heterocycles. The van der Waals surface area contributed by atoms with Crippen LogP contribution < -0.4 is 14.4 Å². The Morgan fingerprint density at radius 3 is 2.12 bits per heavy atom. The van der Waals surface area contributed by atoms with Gasteiger partial charge >= 0.3 is 5.91 Å². The van der Waals surface area contributed by atoms with Gasteiger partial charge in [-0.25, -0.2) is 0 Å². The average Bonchev–Trinajstić information content (AvgIpc) is 3.60. The lowest BCUT2D eigenvalue weighted by Crippen LogP contribution is -2.29. The lowest BCUT2D eigenvalue weighted by Gasteiger charge is -2.22. The highest BCUT2D eigenvalue weighted by Crippen LogP contribution is 2.44. The molecule has 1 N–H and O–H groups in total. The third kappa shape index (κ3) is 6.50. The molecule has 1 saturated heterocycles. The fraction of sp³-hybridized carbons (Fsp3) is 0.250. The van der Waals surface area contributed by atoms with Crippen LogP contribution in [0, 0.1) is 0 Å². The molecule has 0 bridgehead atoms. The summed E-state index contributed by atoms with van der Waals surface area (Å²) < 4.78 is 12.1. The van der Waals surface area contributed by atoms with Crippen LogP contribution in [0.25, 0.3) is 5.76 Å². The topological polar surface area (TPSA) is 102 Å². The van der Waals surface area contributed by atoms with E-state index in [9.17, 15) is 14.7 Å². The molecule has 10 heteroatoms. The molecular weight excluding hydrogens is 571 g/mol. The number of nitrogens with zero attached hydrogens (tertiary/aromatic N) is 3. The summed E-state index contributed by atoms with van der Waals surface area (Å²) in [5, 5.41) is 20.3. The Morgan fingerprint density at radius 2 is 1.50 bits per heavy atom. The first-order valence-corrected chi connectivity index (χ1v) is 15.6. The van der Waals surface area contributed by atoms with Crippen LogP contribution >= 0.6 is 23.1 Å². The van der Waals surface area contributed by atoms with E-state index in [2.05, 4.69) is 10.2 Å². The molecule has 2 heterocycles. The largest absolute Gasteiger partial charge is 0.507 e. The molecule has 0 saturated carbocycles. The number of hydrogen-bond acceptors (Lipinski definition) is 9. The van der Waals surface area contributed by atoms with E-state index in [0.29, 0.717) is 45.9 Å². The first kappa shape index (κ1) is 29.3. The van der Waals surface area contributed by atoms with E-state index in [1.807, 2.05) is 44.2 Å². The van der Waals surface area contributed by atoms with E-state index in [4.69, 9.17) is 9.47 Å². The smallest absolute Gasteiger partial charge is 0.301 e. The zero-order chi connectivity index (χ0) is 29.5. The number of amides is 1. The minimum Gasteiger partial charge on any atom is -0.507 e. The molecule has 0 radical (unpaired) electrons. The maximum absolute atomic E-state index is 13.5. The predicted molar refractivity (Wildman–Crippen MR) is 165 cm³/mol. The van der Waals surface area contributed by atoms with Gasteiger partial charge in [0.15, 0.2) is 4.34 Å². The molecule has 0 spiro atoms. The number of carbonyl (C=O) groups is 2. The minimum absolute atomic E-state index is 0.0156. The number of aromatic nitrogens is 2. The molecule has 5 rings (SSSR count). The van der Waals surface area contributed by atoms with Gasteiger partial charge in [-0.05, 0) is 60.4 Å². The Kier molecular flexibility index (Phi) is 9.55. The summed E-state index contributed by atoms with van der Waals surface area (Å²) in [5.74, 6) is 0.195. The molecular formula is C32H31N3O5S2. The molecule has 1 amide bonds. The van der Waals surface area contributed by atoms with Crippen LogP contribution in [-0.2, 0) is 15.3 Å². The molecule has 1 unspecified atom stereocenters. The number of thioether (sulfide) groups is 1. The zero-order valence-electron chi connectivity index (χ0n) is 23.4. The number of Topliss-reactive ketones (excluding diaryl/α,β-unsaturated/α-hetero) is 1. The van der Waals surface area contributed by atoms with E-state index < -0.39 is 17.7 Å². The van der Waals surface area contributed by atoms with E-state index >= 15 is 0 Å². The minimum atomic E-state index is -0.902. The van der Waals surface area contributed by atoms with Crippen molar-refractivity contribution in [2.45, 2.75) is 42.8 Å². The van der Waals surface area contributed by atoms with Gasteiger partial charge in [0, 0.05) is 11.3 Å². The highest BCUT2D eigenvalue weighted by atomic mass is 32.2. The standard InChI is InChI=1S/C32H31N3O5S2/c1-3-18-39-24-14-10-22(11-15-24)27-26(28(36)23-12-16-25(17-13-23)40-19-4-2)29(37)30(38)35(27)31-33-34-32(42-31)41-20-21-8-6-5-7-9-21/h5-17,27,36H,3-4,18-20H2,1-2H3/b28-26+. The number of aliphatic hydroxyl groups excluding tert-OH is 1. The van der Waals surface area contributed by atoms with Crippen molar-refractivity contribution in [3.63, 3.8) is 0 Å². The van der Waals surface area contributed by atoms with Crippen molar-refractivity contribution in [1.82, 2.24) is 10.2 Å². The van der Waals surface area contributed by atoms with Crippen molar-refractivity contribution < 1.29 is 24.2 Å². The SMILES string of the molecule is CCCOc1ccc(/C(O)=C2\C(=O)C(=O)N(c3nnc(SCc4ccccc4)s3)C2c2ccc(OCCC)cc2)cc1. The highest BCUT2D eigenvalue weighted by molar-refractivity contribution is 8.00. The number of rotatable bonds is 12. The number of ether oxygens (including phenoxy) is 2. The fourth-order valence-electron chi connectivity index (χ4n) is 4.47. The normalized spacial score (nSPS) is 16.1. The lowest BCUT2D eigenvalue weighted by atomic mass is 9.95. The molecule has 0 aliphatic carbocycles. The molecule has 216 valence electrons. The van der Waals surface area contributed by atoms with Crippen molar-refractivity contribution in [3.8, 4) is 11.5 Å². The van der Waals surface area contributed by atoms with Gasteiger partial charge in [0.2, 0.25) is 5.13 Å². The van der Waals surface area contributed by atoms with Crippen LogP contribution in [0.1, 0.15) is 49.4 Å². The van der Waals surface area contributed by atoms with E-state index in [-0.39, 0.29) is 16.5 Å². The van der Waals surface area contributed by atoms with Crippen molar-refractivity contribution in [2.75, 3.05) is 18.1 Å². The zero-order valence-corrected chi connectivity index (χ0v) is 25.0. The van der Waals surface area contributed by atoms with Crippen molar-refractivity contribution >= 4 is 45.7 Å². The molecule has 42 heavy (non-hydrogen) atoms. The van der Waals surface area contributed by atoms with Crippen LogP contribution in [0.2, 0.25) is 0 Å². The van der Waals surface area contributed by atoms with Gasteiger partial charge in [-0.3, -0.25) is 14.5 Å². The first-order chi connectivity index (χ1) is 20.5. The second-order valence-electron chi connectivity index (χ2n) is 9.58. The molecule has 1 aromatic heterocycles. The molecule has 1 aliphatic rings. The van der Waals surface area contributed by atoms with Crippen LogP contribution in [0.4, 0.5) is 5.13 Å². The number of aliphatic hydroxyl groups is 1. The third-order valence-corrected chi connectivity index (χ3v) is 8.65. The van der Waals surface area contributed by atoms with Crippen LogP contribution in [0.3, 0.4) is 0 Å². The quantitative estimate of drug-likeness (QED) is 0.0607. The summed E-state index contributed by atoms with van der Waals surface area (Å²) in [4.78, 5) is 28.4. The van der Waals surface area contributed by atoms with Crippen LogP contribution in [0.5, 0.6) is 11.5 Å². The van der Waals surface area contributed by atoms with Gasteiger partial charge in [-0.1, -0.05) is 79.4 Å². The average molecular weight is 602 g/mol. The highest BCUT2D eigenvalue weighted by Gasteiger charge is 2.48. The van der Waals surface area contributed by atoms with Crippen molar-refractivity contribution in [3.05, 3.63) is 101 Å². The van der Waals surface area contributed by atoms with E-state index in [1.54, 1.807) is 48.5 Å². The Bertz CT molecular complexity index is 1550. The van der Waals surface area contributed by atoms with Gasteiger partial charge in [0.05, 0.1) is 24.8 Å². The fourth-order valence-corrected chi connectivity index (χ4v) is 6.30. The van der Waals surface area contributed by atoms with Crippen molar-refractivity contribution in [1.29, 1.82) is 0 Å². The summed E-state index contributed by atoms with van der Waals surface area (Å²) in [5.41, 5.74) is 2.16. The second-order valence-corrected chi connectivity index (χ2v) is 11.8. The van der Waals surface area contributed by atoms with Crippen LogP contribution in [0.15, 0.2) is 88.8 Å². The summed E-state index contributed by atoms with van der Waals surface area (Å²) in [6.07, 6.45) is 1.73. The Hall–Kier alpha value is -4.15. The summed E-state index contributed by atoms with van der Waals surface area (Å²) in [6.45, 7) is 5.19. The Labute approximate surface area is 253 Å². The molecule has 1 atom stereocenters. The van der Waals surface area contributed by atoms with E-state index in [0.717, 1.165) is 18.4 Å². The van der Waals surface area contributed by atoms with Gasteiger partial charge in [0.25, 0.3) is 5.78 Å². The lowest BCUT2D eigenvalue weighted by molar-refractivity contribution is -0.132. The van der Waals surface area contributed by atoms with Gasteiger partial charge in [0.1, 0.15) is 17.3 Å². The summed E-state index contributed by atoms with van der Waals surface area (Å²) in [6, 6.07) is 23.1. The first-order valence-electron chi connectivity index (χ1n) is 13.8. The molecule has 4 aromatic rings. The summed E-state index contributed by atoms with van der Waals surface area (Å²) in [7, 11) is 0. The Balaban J connectivity index is 1.51. The summed E-state index contributed by atoms with van der Waals surface area (Å²) >= 11 is 2.74. The maximum atomic E-state index is 13.5. The number of anilines is 1.